The third kappa shape index (κ3) is 2.77. The maximum atomic E-state index is 12.9. The van der Waals surface area contributed by atoms with E-state index < -0.39 is 12.0 Å². The first-order chi connectivity index (χ1) is 6.49. The third-order valence-electron chi connectivity index (χ3n) is 2.55. The number of aliphatic hydroxyl groups is 1. The van der Waals surface area contributed by atoms with E-state index in [0.717, 1.165) is 12.0 Å². The van der Waals surface area contributed by atoms with Crippen molar-refractivity contribution in [3.05, 3.63) is 11.1 Å². The van der Waals surface area contributed by atoms with Crippen LogP contribution in [0.5, 0.6) is 0 Å². The molecule has 1 atom stereocenters. The average molecular weight is 206 g/mol. The molecule has 0 fully saturated rings. The summed E-state index contributed by atoms with van der Waals surface area (Å²) in [7, 11) is 0. The smallest absolute Gasteiger partial charge is 0.277 e. The first kappa shape index (κ1) is 13.6. The number of halogens is 2. The summed E-state index contributed by atoms with van der Waals surface area (Å²) >= 11 is 0. The van der Waals surface area contributed by atoms with E-state index in [1.807, 2.05) is 20.8 Å². The van der Waals surface area contributed by atoms with E-state index in [1.54, 1.807) is 6.92 Å². The zero-order chi connectivity index (χ0) is 11.4. The Kier molecular flexibility index (Phi) is 5.27. The lowest BCUT2D eigenvalue weighted by atomic mass is 9.86. The number of alkyl halides is 2. The normalized spacial score (nSPS) is 25.5. The van der Waals surface area contributed by atoms with Crippen molar-refractivity contribution >= 4 is 0 Å². The lowest BCUT2D eigenvalue weighted by molar-refractivity contribution is -0.102. The minimum atomic E-state index is -2.91. The van der Waals surface area contributed by atoms with Crippen LogP contribution in [0.1, 0.15) is 47.0 Å². The molecule has 0 spiro atoms. The molecule has 1 aliphatic carbocycles. The van der Waals surface area contributed by atoms with Crippen LogP contribution in [-0.4, -0.2) is 17.1 Å². The van der Waals surface area contributed by atoms with Gasteiger partial charge in [-0.3, -0.25) is 0 Å². The van der Waals surface area contributed by atoms with Gasteiger partial charge in [-0.05, 0) is 25.3 Å². The lowest BCUT2D eigenvalue weighted by Gasteiger charge is -2.30. The molecule has 0 aromatic carbocycles. The zero-order valence-corrected chi connectivity index (χ0v) is 9.40. The quantitative estimate of drug-likeness (QED) is 0.651. The number of hydrogen-bond donors (Lipinski definition) is 1. The van der Waals surface area contributed by atoms with Gasteiger partial charge in [0.1, 0.15) is 6.10 Å². The van der Waals surface area contributed by atoms with Gasteiger partial charge in [0.25, 0.3) is 5.92 Å². The summed E-state index contributed by atoms with van der Waals surface area (Å²) in [6.07, 6.45) is -0.582. The Labute approximate surface area is 84.8 Å². The minimum Gasteiger partial charge on any atom is -0.382 e. The van der Waals surface area contributed by atoms with Crippen LogP contribution in [0.4, 0.5) is 8.78 Å². The van der Waals surface area contributed by atoms with Crippen molar-refractivity contribution < 1.29 is 13.9 Å². The fourth-order valence-electron chi connectivity index (χ4n) is 1.62. The van der Waals surface area contributed by atoms with Crippen LogP contribution in [-0.2, 0) is 0 Å². The maximum Gasteiger partial charge on any atom is 0.277 e. The van der Waals surface area contributed by atoms with Gasteiger partial charge >= 0.3 is 0 Å². The van der Waals surface area contributed by atoms with Crippen molar-refractivity contribution in [2.75, 3.05) is 0 Å². The summed E-state index contributed by atoms with van der Waals surface area (Å²) < 4.78 is 25.7. The Balaban J connectivity index is 0.000000791. The second kappa shape index (κ2) is 5.44. The van der Waals surface area contributed by atoms with Gasteiger partial charge in [0, 0.05) is 6.42 Å². The molecular formula is C11H20F2O. The highest BCUT2D eigenvalue weighted by Crippen LogP contribution is 2.37. The van der Waals surface area contributed by atoms with Gasteiger partial charge in [-0.2, -0.15) is 0 Å². The van der Waals surface area contributed by atoms with Crippen molar-refractivity contribution in [3.63, 3.8) is 0 Å². The number of aliphatic hydroxyl groups excluding tert-OH is 1. The van der Waals surface area contributed by atoms with Crippen molar-refractivity contribution in [1.29, 1.82) is 0 Å². The highest BCUT2D eigenvalue weighted by atomic mass is 19.3. The number of allylic oxidation sites excluding steroid dienone is 1. The Morgan fingerprint density at radius 1 is 1.43 bits per heavy atom. The molecule has 0 saturated heterocycles. The van der Waals surface area contributed by atoms with Crippen LogP contribution in [0.25, 0.3) is 0 Å². The maximum absolute atomic E-state index is 12.9. The summed E-state index contributed by atoms with van der Waals surface area (Å²) in [5.41, 5.74) is 1.45. The van der Waals surface area contributed by atoms with Crippen molar-refractivity contribution in [2.24, 2.45) is 0 Å². The highest BCUT2D eigenvalue weighted by molar-refractivity contribution is 5.22. The first-order valence-corrected chi connectivity index (χ1v) is 5.23. The molecule has 84 valence electrons. The van der Waals surface area contributed by atoms with E-state index in [-0.39, 0.29) is 6.42 Å². The van der Waals surface area contributed by atoms with Crippen molar-refractivity contribution in [3.8, 4) is 0 Å². The molecule has 0 radical (unpaired) electrons. The predicted octanol–water partition coefficient (Wildman–Crippen LogP) is 3.53. The fourth-order valence-corrected chi connectivity index (χ4v) is 1.62. The Morgan fingerprint density at radius 2 is 1.93 bits per heavy atom. The van der Waals surface area contributed by atoms with E-state index in [9.17, 15) is 13.9 Å². The molecule has 1 rings (SSSR count). The molecule has 0 aliphatic heterocycles. The summed E-state index contributed by atoms with van der Waals surface area (Å²) in [6, 6.07) is 0. The molecule has 1 unspecified atom stereocenters. The number of hydrogen-bond acceptors (Lipinski definition) is 1. The molecule has 0 heterocycles. The van der Waals surface area contributed by atoms with Crippen LogP contribution in [0.15, 0.2) is 11.1 Å². The van der Waals surface area contributed by atoms with Crippen molar-refractivity contribution in [1.82, 2.24) is 0 Å². The molecule has 0 aromatic rings. The van der Waals surface area contributed by atoms with Gasteiger partial charge in [0.2, 0.25) is 0 Å². The molecule has 0 aromatic heterocycles. The van der Waals surface area contributed by atoms with Crippen LogP contribution in [0, 0.1) is 0 Å². The zero-order valence-electron chi connectivity index (χ0n) is 9.40. The van der Waals surface area contributed by atoms with Gasteiger partial charge < -0.3 is 5.11 Å². The van der Waals surface area contributed by atoms with E-state index in [4.69, 9.17) is 0 Å². The highest BCUT2D eigenvalue weighted by Gasteiger charge is 2.42. The third-order valence-corrected chi connectivity index (χ3v) is 2.55. The topological polar surface area (TPSA) is 20.2 Å². The Morgan fingerprint density at radius 3 is 2.36 bits per heavy atom. The summed E-state index contributed by atoms with van der Waals surface area (Å²) in [5.74, 6) is -2.91. The molecule has 0 bridgehead atoms. The summed E-state index contributed by atoms with van der Waals surface area (Å²) in [4.78, 5) is 0. The number of rotatable bonds is 1. The van der Waals surface area contributed by atoms with Crippen LogP contribution in [0.3, 0.4) is 0 Å². The molecule has 1 N–H and O–H groups in total. The largest absolute Gasteiger partial charge is 0.382 e. The molecule has 0 amide bonds. The van der Waals surface area contributed by atoms with Gasteiger partial charge in [-0.15, -0.1) is 0 Å². The molecule has 3 heteroatoms. The van der Waals surface area contributed by atoms with Gasteiger partial charge in [-0.25, -0.2) is 8.78 Å². The second-order valence-corrected chi connectivity index (χ2v) is 3.30. The standard InChI is InChI=1S/C9H14F2O.C2H6/c1-3-7-4-5-9(10,11)8(12)6(7)2;1-2/h8,12H,3-5H2,1-2H3;1-2H3. The Bertz CT molecular complexity index is 209. The Hall–Kier alpha value is -0.440. The van der Waals surface area contributed by atoms with Gasteiger partial charge in [0.15, 0.2) is 0 Å². The molecular weight excluding hydrogens is 186 g/mol. The molecule has 1 aliphatic rings. The van der Waals surface area contributed by atoms with E-state index >= 15 is 0 Å². The second-order valence-electron chi connectivity index (χ2n) is 3.30. The minimum absolute atomic E-state index is 0.214. The van der Waals surface area contributed by atoms with E-state index in [0.29, 0.717) is 12.0 Å². The van der Waals surface area contributed by atoms with Crippen LogP contribution >= 0.6 is 0 Å². The monoisotopic (exact) mass is 206 g/mol. The lowest BCUT2D eigenvalue weighted by Crippen LogP contribution is -2.37. The summed E-state index contributed by atoms with van der Waals surface area (Å²) in [6.45, 7) is 7.52. The first-order valence-electron chi connectivity index (χ1n) is 5.23. The van der Waals surface area contributed by atoms with Crippen LogP contribution < -0.4 is 0 Å². The van der Waals surface area contributed by atoms with Gasteiger partial charge in [0.05, 0.1) is 0 Å². The molecule has 14 heavy (non-hydrogen) atoms. The molecule has 0 saturated carbocycles. The van der Waals surface area contributed by atoms with Gasteiger partial charge in [-0.1, -0.05) is 26.3 Å². The average Bonchev–Trinajstić information content (AvgIpc) is 2.18. The van der Waals surface area contributed by atoms with E-state index in [2.05, 4.69) is 0 Å². The van der Waals surface area contributed by atoms with Crippen LogP contribution in [0.2, 0.25) is 0 Å². The van der Waals surface area contributed by atoms with Crippen molar-refractivity contribution in [2.45, 2.75) is 59.0 Å². The summed E-state index contributed by atoms with van der Waals surface area (Å²) in [5, 5.41) is 9.20. The molecule has 1 nitrogen and oxygen atoms in total. The SMILES string of the molecule is CC.CCC1=C(C)C(O)C(F)(F)CC1. The van der Waals surface area contributed by atoms with E-state index in [1.165, 1.54) is 0 Å². The fraction of sp³-hybridized carbons (Fsp3) is 0.818. The predicted molar refractivity (Wildman–Crippen MR) is 54.5 cm³/mol.